The zero-order valence-corrected chi connectivity index (χ0v) is 17.1. The minimum Gasteiger partial charge on any atom is -0.459 e. The fraction of sp³-hybridized carbons (Fsp3) is 0.217. The molecule has 4 aromatic rings. The first-order valence-electron chi connectivity index (χ1n) is 9.58. The highest BCUT2D eigenvalue weighted by molar-refractivity contribution is 7.98. The molecule has 0 unspecified atom stereocenters. The van der Waals surface area contributed by atoms with Gasteiger partial charge in [-0.3, -0.25) is 4.79 Å². The number of furan rings is 1. The number of aromatic nitrogens is 2. The predicted molar refractivity (Wildman–Crippen MR) is 117 cm³/mol. The molecule has 0 bridgehead atoms. The number of hydrogen-bond acceptors (Lipinski definition) is 4. The summed E-state index contributed by atoms with van der Waals surface area (Å²) in [5.74, 6) is 1.87. The fourth-order valence-corrected chi connectivity index (χ4v) is 3.90. The lowest BCUT2D eigenvalue weighted by Crippen LogP contribution is -2.31. The molecule has 4 rings (SSSR count). The summed E-state index contributed by atoms with van der Waals surface area (Å²) < 4.78 is 7.48. The van der Waals surface area contributed by atoms with Crippen LogP contribution in [0.2, 0.25) is 0 Å². The largest absolute Gasteiger partial charge is 0.459 e. The van der Waals surface area contributed by atoms with E-state index in [0.29, 0.717) is 12.3 Å². The molecule has 1 N–H and O–H groups in total. The summed E-state index contributed by atoms with van der Waals surface area (Å²) in [5, 5.41) is 3.13. The third kappa shape index (κ3) is 4.38. The number of para-hydroxylation sites is 2. The van der Waals surface area contributed by atoms with Crippen molar-refractivity contribution in [2.24, 2.45) is 0 Å². The van der Waals surface area contributed by atoms with Gasteiger partial charge in [-0.15, -0.1) is 0 Å². The maximum atomic E-state index is 12.7. The second-order valence-corrected chi connectivity index (χ2v) is 7.80. The van der Waals surface area contributed by atoms with Gasteiger partial charge in [-0.1, -0.05) is 42.5 Å². The topological polar surface area (TPSA) is 60.1 Å². The van der Waals surface area contributed by atoms with Gasteiger partial charge in [-0.25, -0.2) is 4.98 Å². The van der Waals surface area contributed by atoms with E-state index < -0.39 is 0 Å². The maximum absolute atomic E-state index is 12.7. The van der Waals surface area contributed by atoms with Crippen molar-refractivity contribution >= 4 is 28.7 Å². The van der Waals surface area contributed by atoms with Crippen LogP contribution < -0.4 is 5.32 Å². The molecule has 5 nitrogen and oxygen atoms in total. The second kappa shape index (κ2) is 9.01. The van der Waals surface area contributed by atoms with Crippen molar-refractivity contribution in [3.8, 4) is 0 Å². The molecule has 1 atom stereocenters. The number of amides is 1. The maximum Gasteiger partial charge on any atom is 0.287 e. The number of benzene rings is 2. The quantitative estimate of drug-likeness (QED) is 0.453. The van der Waals surface area contributed by atoms with Crippen molar-refractivity contribution in [1.29, 1.82) is 0 Å². The molecule has 6 heteroatoms. The van der Waals surface area contributed by atoms with Crippen LogP contribution in [-0.2, 0) is 6.54 Å². The average molecular weight is 406 g/mol. The summed E-state index contributed by atoms with van der Waals surface area (Å²) in [7, 11) is 0. The van der Waals surface area contributed by atoms with E-state index >= 15 is 0 Å². The Morgan fingerprint density at radius 3 is 2.66 bits per heavy atom. The van der Waals surface area contributed by atoms with E-state index in [1.807, 2.05) is 36.4 Å². The van der Waals surface area contributed by atoms with Crippen molar-refractivity contribution in [2.75, 3.05) is 12.0 Å². The van der Waals surface area contributed by atoms with Gasteiger partial charge in [0.15, 0.2) is 5.76 Å². The van der Waals surface area contributed by atoms with Gasteiger partial charge in [-0.05, 0) is 48.3 Å². The van der Waals surface area contributed by atoms with Crippen LogP contribution in [0.15, 0.2) is 77.4 Å². The Kier molecular flexibility index (Phi) is 6.00. The third-order valence-corrected chi connectivity index (χ3v) is 5.48. The van der Waals surface area contributed by atoms with E-state index in [1.54, 1.807) is 23.9 Å². The lowest BCUT2D eigenvalue weighted by atomic mass is 10.1. The van der Waals surface area contributed by atoms with E-state index in [-0.39, 0.29) is 11.9 Å². The molecule has 0 saturated heterocycles. The molecular formula is C23H23N3O2S. The molecule has 0 aliphatic carbocycles. The van der Waals surface area contributed by atoms with Gasteiger partial charge in [0, 0.05) is 6.54 Å². The minimum absolute atomic E-state index is 0.212. The molecule has 2 aromatic carbocycles. The van der Waals surface area contributed by atoms with Crippen LogP contribution in [0, 0.1) is 0 Å². The van der Waals surface area contributed by atoms with Gasteiger partial charge in [-0.2, -0.15) is 11.8 Å². The van der Waals surface area contributed by atoms with Gasteiger partial charge in [0.05, 0.1) is 23.3 Å². The SMILES string of the molecule is CSCC[C@@H](NC(=O)c1ccco1)c1nc2ccccc2n1Cc1ccccc1. The van der Waals surface area contributed by atoms with Gasteiger partial charge in [0.2, 0.25) is 0 Å². The monoisotopic (exact) mass is 405 g/mol. The van der Waals surface area contributed by atoms with Gasteiger partial charge >= 0.3 is 0 Å². The number of carbonyl (C=O) groups excluding carboxylic acids is 1. The van der Waals surface area contributed by atoms with E-state index in [0.717, 1.165) is 29.0 Å². The number of nitrogens with zero attached hydrogens (tertiary/aromatic N) is 2. The Bertz CT molecular complexity index is 1070. The number of imidazole rings is 1. The molecule has 0 aliphatic rings. The first-order valence-corrected chi connectivity index (χ1v) is 11.0. The first kappa shape index (κ1) is 19.3. The van der Waals surface area contributed by atoms with Crippen LogP contribution in [-0.4, -0.2) is 27.5 Å². The fourth-order valence-electron chi connectivity index (χ4n) is 3.43. The Morgan fingerprint density at radius 2 is 1.90 bits per heavy atom. The van der Waals surface area contributed by atoms with Crippen molar-refractivity contribution in [1.82, 2.24) is 14.9 Å². The summed E-state index contributed by atoms with van der Waals surface area (Å²) in [4.78, 5) is 17.6. The van der Waals surface area contributed by atoms with E-state index in [2.05, 4.69) is 34.3 Å². The summed E-state index contributed by atoms with van der Waals surface area (Å²) in [6, 6.07) is 21.6. The van der Waals surface area contributed by atoms with Crippen LogP contribution in [0.3, 0.4) is 0 Å². The van der Waals surface area contributed by atoms with Crippen LogP contribution in [0.5, 0.6) is 0 Å². The Hall–Kier alpha value is -2.99. The van der Waals surface area contributed by atoms with E-state index in [4.69, 9.17) is 9.40 Å². The number of fused-ring (bicyclic) bond motifs is 1. The second-order valence-electron chi connectivity index (χ2n) is 6.82. The molecule has 148 valence electrons. The number of hydrogen-bond donors (Lipinski definition) is 1. The Morgan fingerprint density at radius 1 is 1.10 bits per heavy atom. The van der Waals surface area contributed by atoms with Gasteiger partial charge < -0.3 is 14.3 Å². The highest BCUT2D eigenvalue weighted by Gasteiger charge is 2.23. The summed E-state index contributed by atoms with van der Waals surface area (Å²) in [6.45, 7) is 0.697. The molecule has 0 saturated carbocycles. The summed E-state index contributed by atoms with van der Waals surface area (Å²) >= 11 is 1.75. The van der Waals surface area contributed by atoms with Crippen LogP contribution in [0.1, 0.15) is 34.4 Å². The molecular weight excluding hydrogens is 382 g/mol. The van der Waals surface area contributed by atoms with E-state index in [9.17, 15) is 4.79 Å². The zero-order valence-electron chi connectivity index (χ0n) is 16.2. The van der Waals surface area contributed by atoms with E-state index in [1.165, 1.54) is 11.8 Å². The minimum atomic E-state index is -0.223. The Labute approximate surface area is 174 Å². The molecule has 2 aromatic heterocycles. The molecule has 0 fully saturated rings. The van der Waals surface area contributed by atoms with Crippen molar-refractivity contribution in [2.45, 2.75) is 19.0 Å². The highest BCUT2D eigenvalue weighted by Crippen LogP contribution is 2.25. The van der Waals surface area contributed by atoms with Crippen LogP contribution >= 0.6 is 11.8 Å². The van der Waals surface area contributed by atoms with Crippen molar-refractivity contribution in [3.05, 3.63) is 90.1 Å². The third-order valence-electron chi connectivity index (χ3n) is 4.84. The lowest BCUT2D eigenvalue weighted by Gasteiger charge is -2.19. The van der Waals surface area contributed by atoms with Crippen LogP contribution in [0.4, 0.5) is 0 Å². The van der Waals surface area contributed by atoms with Crippen molar-refractivity contribution in [3.63, 3.8) is 0 Å². The van der Waals surface area contributed by atoms with Gasteiger partial charge in [0.25, 0.3) is 5.91 Å². The number of carbonyl (C=O) groups is 1. The van der Waals surface area contributed by atoms with Crippen molar-refractivity contribution < 1.29 is 9.21 Å². The number of nitrogens with one attached hydrogen (secondary N) is 1. The number of rotatable bonds is 8. The number of thioether (sulfide) groups is 1. The zero-order chi connectivity index (χ0) is 20.1. The summed E-state index contributed by atoms with van der Waals surface area (Å²) in [6.07, 6.45) is 4.36. The molecule has 1 amide bonds. The molecule has 0 radical (unpaired) electrons. The van der Waals surface area contributed by atoms with Crippen LogP contribution in [0.25, 0.3) is 11.0 Å². The normalized spacial score (nSPS) is 12.2. The first-order chi connectivity index (χ1) is 14.3. The highest BCUT2D eigenvalue weighted by atomic mass is 32.2. The molecule has 29 heavy (non-hydrogen) atoms. The summed E-state index contributed by atoms with van der Waals surface area (Å²) in [5.41, 5.74) is 3.19. The lowest BCUT2D eigenvalue weighted by molar-refractivity contribution is 0.0905. The average Bonchev–Trinajstić information content (AvgIpc) is 3.41. The standard InChI is InChI=1S/C23H23N3O2S/c1-29-15-13-19(25-23(27)21-12-7-14-28-21)22-24-18-10-5-6-11-20(18)26(22)16-17-8-3-2-4-9-17/h2-12,14,19H,13,15-16H2,1H3,(H,25,27)/t19-/m1/s1. The smallest absolute Gasteiger partial charge is 0.287 e. The Balaban J connectivity index is 1.73. The molecule has 0 spiro atoms. The predicted octanol–water partition coefficient (Wildman–Crippen LogP) is 4.90. The van der Waals surface area contributed by atoms with Gasteiger partial charge in [0.1, 0.15) is 5.82 Å². The molecule has 2 heterocycles. The molecule has 0 aliphatic heterocycles.